The van der Waals surface area contributed by atoms with Crippen molar-refractivity contribution in [1.29, 1.82) is 0 Å². The van der Waals surface area contributed by atoms with Gasteiger partial charge in [0.1, 0.15) is 5.82 Å². The number of benzene rings is 1. The molecule has 0 amide bonds. The Morgan fingerprint density at radius 1 is 1.28 bits per heavy atom. The smallest absolute Gasteiger partial charge is 0.299 e. The van der Waals surface area contributed by atoms with Gasteiger partial charge in [0.15, 0.2) is 0 Å². The molecule has 2 aromatic rings. The summed E-state index contributed by atoms with van der Waals surface area (Å²) in [5, 5.41) is 0. The minimum atomic E-state index is -0.290. The lowest BCUT2D eigenvalue weighted by molar-refractivity contribution is 0.617. The van der Waals surface area contributed by atoms with E-state index in [0.29, 0.717) is 11.0 Å². The topological polar surface area (TPSA) is 26.9 Å². The second kappa shape index (κ2) is 5.52. The molecule has 0 radical (unpaired) electrons. The lowest BCUT2D eigenvalue weighted by Gasteiger charge is -2.05. The van der Waals surface area contributed by atoms with E-state index in [9.17, 15) is 9.18 Å². The van der Waals surface area contributed by atoms with Crippen LogP contribution in [0.25, 0.3) is 0 Å². The van der Waals surface area contributed by atoms with Crippen LogP contribution in [0.1, 0.15) is 18.9 Å². The van der Waals surface area contributed by atoms with E-state index < -0.39 is 0 Å². The molecule has 0 saturated heterocycles. The second-order valence-corrected chi connectivity index (χ2v) is 4.99. The van der Waals surface area contributed by atoms with Gasteiger partial charge in [0.2, 0.25) is 0 Å². The number of aryl methyl sites for hydroxylation is 1. The van der Waals surface area contributed by atoms with Crippen LogP contribution < -0.4 is 5.69 Å². The molecular weight excluding hydrogens is 299 g/mol. The van der Waals surface area contributed by atoms with E-state index >= 15 is 0 Å². The molecule has 3 nitrogen and oxygen atoms in total. The molecule has 2 rings (SSSR count). The third-order valence-corrected chi connectivity index (χ3v) is 3.48. The number of hydrogen-bond donors (Lipinski definition) is 0. The molecule has 0 spiro atoms. The van der Waals surface area contributed by atoms with Gasteiger partial charge >= 0.3 is 5.69 Å². The number of nitrogens with zero attached hydrogens (tertiary/aromatic N) is 2. The molecule has 0 aliphatic heterocycles. The van der Waals surface area contributed by atoms with Crippen molar-refractivity contribution in [2.45, 2.75) is 26.4 Å². The minimum absolute atomic E-state index is 0.0342. The van der Waals surface area contributed by atoms with E-state index in [0.717, 1.165) is 18.5 Å². The predicted molar refractivity (Wildman–Crippen MR) is 72.2 cm³/mol. The summed E-state index contributed by atoms with van der Waals surface area (Å²) in [6, 6.07) is 4.49. The summed E-state index contributed by atoms with van der Waals surface area (Å²) in [5.74, 6) is -0.290. The van der Waals surface area contributed by atoms with Crippen LogP contribution >= 0.6 is 15.9 Å². The first-order chi connectivity index (χ1) is 8.61. The number of hydrogen-bond acceptors (Lipinski definition) is 1. The van der Waals surface area contributed by atoms with Crippen LogP contribution in [0.3, 0.4) is 0 Å². The van der Waals surface area contributed by atoms with Gasteiger partial charge < -0.3 is 0 Å². The van der Waals surface area contributed by atoms with Crippen LogP contribution in [0.4, 0.5) is 4.39 Å². The minimum Gasteiger partial charge on any atom is -0.299 e. The Labute approximate surface area is 113 Å². The SMILES string of the molecule is CCCn1ccn(Cc2ccc(F)cc2Br)c1=O. The fraction of sp³-hybridized carbons (Fsp3) is 0.308. The Bertz CT molecular complexity index is 603. The standard InChI is InChI=1S/C13H14BrFN2O/c1-2-5-16-6-7-17(13(16)18)9-10-3-4-11(15)8-12(10)14/h3-4,6-8H,2,5,9H2,1H3. The second-order valence-electron chi connectivity index (χ2n) is 4.14. The molecule has 0 aliphatic rings. The van der Waals surface area contributed by atoms with Gasteiger partial charge in [0.25, 0.3) is 0 Å². The fourth-order valence-corrected chi connectivity index (χ4v) is 2.29. The van der Waals surface area contributed by atoms with E-state index in [4.69, 9.17) is 0 Å². The first kappa shape index (κ1) is 13.1. The Hall–Kier alpha value is -1.36. The van der Waals surface area contributed by atoms with Gasteiger partial charge in [-0.15, -0.1) is 0 Å². The highest BCUT2D eigenvalue weighted by molar-refractivity contribution is 9.10. The molecule has 5 heteroatoms. The summed E-state index contributed by atoms with van der Waals surface area (Å²) in [4.78, 5) is 12.0. The van der Waals surface area contributed by atoms with Gasteiger partial charge in [0.05, 0.1) is 6.54 Å². The summed E-state index contributed by atoms with van der Waals surface area (Å²) in [7, 11) is 0. The zero-order valence-corrected chi connectivity index (χ0v) is 11.7. The van der Waals surface area contributed by atoms with Crippen molar-refractivity contribution in [1.82, 2.24) is 9.13 Å². The van der Waals surface area contributed by atoms with Crippen LogP contribution in [-0.4, -0.2) is 9.13 Å². The first-order valence-electron chi connectivity index (χ1n) is 5.81. The van der Waals surface area contributed by atoms with E-state index in [2.05, 4.69) is 15.9 Å². The zero-order chi connectivity index (χ0) is 13.1. The average molecular weight is 313 g/mol. The number of imidazole rings is 1. The number of halogens is 2. The molecule has 0 saturated carbocycles. The predicted octanol–water partition coefficient (Wildman–Crippen LogP) is 3.01. The highest BCUT2D eigenvalue weighted by Crippen LogP contribution is 2.18. The Balaban J connectivity index is 2.26. The Morgan fingerprint density at radius 3 is 2.67 bits per heavy atom. The van der Waals surface area contributed by atoms with Crippen LogP contribution in [-0.2, 0) is 13.1 Å². The van der Waals surface area contributed by atoms with Gasteiger partial charge in [0, 0.05) is 23.4 Å². The molecule has 1 heterocycles. The van der Waals surface area contributed by atoms with Crippen LogP contribution in [0.5, 0.6) is 0 Å². The maximum absolute atomic E-state index is 13.0. The molecule has 0 unspecified atom stereocenters. The highest BCUT2D eigenvalue weighted by atomic mass is 79.9. The fourth-order valence-electron chi connectivity index (χ4n) is 1.82. The molecule has 0 atom stereocenters. The summed E-state index contributed by atoms with van der Waals surface area (Å²) in [6.07, 6.45) is 4.46. The molecule has 1 aromatic heterocycles. The van der Waals surface area contributed by atoms with Crippen LogP contribution in [0.2, 0.25) is 0 Å². The van der Waals surface area contributed by atoms with Gasteiger partial charge in [-0.2, -0.15) is 0 Å². The summed E-state index contributed by atoms with van der Waals surface area (Å²) in [5.41, 5.74) is 0.848. The molecule has 0 fully saturated rings. The summed E-state index contributed by atoms with van der Waals surface area (Å²) >= 11 is 3.30. The van der Waals surface area contributed by atoms with E-state index in [1.807, 2.05) is 6.92 Å². The quantitative estimate of drug-likeness (QED) is 0.852. The number of aromatic nitrogens is 2. The summed E-state index contributed by atoms with van der Waals surface area (Å²) in [6.45, 7) is 3.19. The monoisotopic (exact) mass is 312 g/mol. The zero-order valence-electron chi connectivity index (χ0n) is 10.1. The normalized spacial score (nSPS) is 10.8. The molecule has 96 valence electrons. The first-order valence-corrected chi connectivity index (χ1v) is 6.60. The Morgan fingerprint density at radius 2 is 2.00 bits per heavy atom. The van der Waals surface area contributed by atoms with Crippen molar-refractivity contribution in [3.8, 4) is 0 Å². The number of rotatable bonds is 4. The van der Waals surface area contributed by atoms with Crippen molar-refractivity contribution >= 4 is 15.9 Å². The van der Waals surface area contributed by atoms with Crippen molar-refractivity contribution in [2.24, 2.45) is 0 Å². The molecule has 0 aliphatic carbocycles. The third kappa shape index (κ3) is 2.72. The van der Waals surface area contributed by atoms with Gasteiger partial charge in [-0.05, 0) is 24.1 Å². The third-order valence-electron chi connectivity index (χ3n) is 2.74. The van der Waals surface area contributed by atoms with Crippen molar-refractivity contribution in [3.63, 3.8) is 0 Å². The van der Waals surface area contributed by atoms with Gasteiger partial charge in [-0.1, -0.05) is 28.9 Å². The van der Waals surface area contributed by atoms with Crippen molar-refractivity contribution in [3.05, 3.63) is 56.9 Å². The molecular formula is C13H14BrFN2O. The van der Waals surface area contributed by atoms with Crippen LogP contribution in [0, 0.1) is 5.82 Å². The maximum Gasteiger partial charge on any atom is 0.328 e. The van der Waals surface area contributed by atoms with E-state index in [1.165, 1.54) is 12.1 Å². The van der Waals surface area contributed by atoms with E-state index in [-0.39, 0.29) is 11.5 Å². The van der Waals surface area contributed by atoms with Crippen molar-refractivity contribution < 1.29 is 4.39 Å². The van der Waals surface area contributed by atoms with Gasteiger partial charge in [-0.25, -0.2) is 9.18 Å². The van der Waals surface area contributed by atoms with Crippen molar-refractivity contribution in [2.75, 3.05) is 0 Å². The van der Waals surface area contributed by atoms with Crippen LogP contribution in [0.15, 0.2) is 39.9 Å². The van der Waals surface area contributed by atoms with Gasteiger partial charge in [-0.3, -0.25) is 9.13 Å². The lowest BCUT2D eigenvalue weighted by Crippen LogP contribution is -2.24. The summed E-state index contributed by atoms with van der Waals surface area (Å²) < 4.78 is 16.9. The average Bonchev–Trinajstić information content (AvgIpc) is 2.66. The molecule has 1 aromatic carbocycles. The molecule has 0 bridgehead atoms. The maximum atomic E-state index is 13.0. The molecule has 18 heavy (non-hydrogen) atoms. The Kier molecular flexibility index (Phi) is 4.01. The van der Waals surface area contributed by atoms with E-state index in [1.54, 1.807) is 27.6 Å². The largest absolute Gasteiger partial charge is 0.328 e. The highest BCUT2D eigenvalue weighted by Gasteiger charge is 2.06. The lowest BCUT2D eigenvalue weighted by atomic mass is 10.2. The molecule has 0 N–H and O–H groups in total.